The first-order chi connectivity index (χ1) is 6.54. The number of rotatable bonds is 3. The molecule has 3 nitrogen and oxygen atoms in total. The fraction of sp³-hybridized carbons (Fsp3) is 0.455. The predicted octanol–water partition coefficient (Wildman–Crippen LogP) is 1.63. The molecule has 1 aromatic rings. The van der Waals surface area contributed by atoms with Crippen LogP contribution in [0.25, 0.3) is 0 Å². The van der Waals surface area contributed by atoms with E-state index in [0.717, 1.165) is 11.1 Å². The van der Waals surface area contributed by atoms with Crippen molar-refractivity contribution in [3.05, 3.63) is 23.3 Å². The van der Waals surface area contributed by atoms with Crippen molar-refractivity contribution in [2.24, 2.45) is 0 Å². The summed E-state index contributed by atoms with van der Waals surface area (Å²) in [6, 6.07) is 3.62. The largest absolute Gasteiger partial charge is 0.504 e. The van der Waals surface area contributed by atoms with Crippen molar-refractivity contribution < 1.29 is 14.9 Å². The van der Waals surface area contributed by atoms with Crippen LogP contribution in [0.15, 0.2) is 12.1 Å². The summed E-state index contributed by atoms with van der Waals surface area (Å²) in [5.74, 6) is 0.583. The van der Waals surface area contributed by atoms with E-state index in [0.29, 0.717) is 12.2 Å². The van der Waals surface area contributed by atoms with Gasteiger partial charge < -0.3 is 14.9 Å². The van der Waals surface area contributed by atoms with E-state index >= 15 is 0 Å². The molecule has 0 aliphatic carbocycles. The van der Waals surface area contributed by atoms with Gasteiger partial charge in [0.1, 0.15) is 0 Å². The van der Waals surface area contributed by atoms with Crippen LogP contribution in [0.3, 0.4) is 0 Å². The fourth-order valence-electron chi connectivity index (χ4n) is 1.45. The number of aromatic hydroxyl groups is 1. The minimum atomic E-state index is -0.465. The molecule has 0 saturated heterocycles. The summed E-state index contributed by atoms with van der Waals surface area (Å²) < 4.78 is 5.02. The number of hydrogen-bond acceptors (Lipinski definition) is 3. The van der Waals surface area contributed by atoms with Crippen LogP contribution in [0.2, 0.25) is 0 Å². The summed E-state index contributed by atoms with van der Waals surface area (Å²) in [5, 5.41) is 19.0. The van der Waals surface area contributed by atoms with E-state index in [4.69, 9.17) is 4.74 Å². The lowest BCUT2D eigenvalue weighted by Gasteiger charge is -2.11. The van der Waals surface area contributed by atoms with E-state index in [1.54, 1.807) is 13.0 Å². The number of aliphatic hydroxyl groups excluding tert-OH is 1. The predicted molar refractivity (Wildman–Crippen MR) is 54.8 cm³/mol. The second kappa shape index (κ2) is 4.33. The summed E-state index contributed by atoms with van der Waals surface area (Å²) in [5.41, 5.74) is 1.73. The Morgan fingerprint density at radius 1 is 1.43 bits per heavy atom. The van der Waals surface area contributed by atoms with Gasteiger partial charge in [0.15, 0.2) is 11.5 Å². The zero-order valence-corrected chi connectivity index (χ0v) is 8.74. The van der Waals surface area contributed by atoms with Crippen LogP contribution in [-0.4, -0.2) is 23.4 Å². The van der Waals surface area contributed by atoms with Gasteiger partial charge in [-0.2, -0.15) is 0 Å². The van der Waals surface area contributed by atoms with Gasteiger partial charge >= 0.3 is 0 Å². The van der Waals surface area contributed by atoms with Gasteiger partial charge in [-0.1, -0.05) is 6.07 Å². The van der Waals surface area contributed by atoms with Crippen molar-refractivity contribution in [2.45, 2.75) is 26.4 Å². The number of aryl methyl sites for hydroxylation is 1. The van der Waals surface area contributed by atoms with Crippen LogP contribution in [-0.2, 0) is 6.42 Å². The molecule has 1 atom stereocenters. The van der Waals surface area contributed by atoms with E-state index in [2.05, 4.69) is 0 Å². The first-order valence-electron chi connectivity index (χ1n) is 4.59. The summed E-state index contributed by atoms with van der Waals surface area (Å²) in [6.45, 7) is 3.61. The van der Waals surface area contributed by atoms with Crippen molar-refractivity contribution in [2.75, 3.05) is 7.11 Å². The Balaban J connectivity index is 3.08. The molecule has 0 aliphatic heterocycles. The molecule has 14 heavy (non-hydrogen) atoms. The highest BCUT2D eigenvalue weighted by molar-refractivity contribution is 5.48. The average Bonchev–Trinajstić information content (AvgIpc) is 2.09. The maximum atomic E-state index is 9.73. The number of aliphatic hydroxyl groups is 1. The van der Waals surface area contributed by atoms with E-state index in [1.807, 2.05) is 13.0 Å². The standard InChI is InChI=1S/C11H16O3/c1-7-4-9(6-8(2)12)11(13)10(5-7)14-3/h4-5,8,12-13H,6H2,1-3H3. The molecule has 0 saturated carbocycles. The third-order valence-corrected chi connectivity index (χ3v) is 2.03. The number of phenolic OH excluding ortho intramolecular Hbond substituents is 1. The molecule has 0 spiro atoms. The Morgan fingerprint density at radius 2 is 2.07 bits per heavy atom. The normalized spacial score (nSPS) is 12.6. The molecule has 0 heterocycles. The summed E-state index contributed by atoms with van der Waals surface area (Å²) >= 11 is 0. The number of benzene rings is 1. The summed E-state index contributed by atoms with van der Waals surface area (Å²) in [6.07, 6.45) is -0.0310. The molecule has 0 aliphatic rings. The Bertz CT molecular complexity index is 319. The Labute approximate surface area is 84.0 Å². The van der Waals surface area contributed by atoms with Crippen molar-refractivity contribution in [1.82, 2.24) is 0 Å². The van der Waals surface area contributed by atoms with E-state index in [9.17, 15) is 10.2 Å². The van der Waals surface area contributed by atoms with Crippen LogP contribution < -0.4 is 4.74 Å². The molecule has 3 heteroatoms. The van der Waals surface area contributed by atoms with Gasteiger partial charge in [-0.3, -0.25) is 0 Å². The van der Waals surface area contributed by atoms with Crippen molar-refractivity contribution >= 4 is 0 Å². The molecule has 1 unspecified atom stereocenters. The number of phenols is 1. The van der Waals surface area contributed by atoms with Crippen molar-refractivity contribution in [3.63, 3.8) is 0 Å². The minimum Gasteiger partial charge on any atom is -0.504 e. The lowest BCUT2D eigenvalue weighted by Crippen LogP contribution is -2.05. The average molecular weight is 196 g/mol. The first-order valence-corrected chi connectivity index (χ1v) is 4.59. The highest BCUT2D eigenvalue weighted by atomic mass is 16.5. The van der Waals surface area contributed by atoms with E-state index in [1.165, 1.54) is 7.11 Å². The highest BCUT2D eigenvalue weighted by Crippen LogP contribution is 2.31. The van der Waals surface area contributed by atoms with Crippen LogP contribution in [0.5, 0.6) is 11.5 Å². The highest BCUT2D eigenvalue weighted by Gasteiger charge is 2.10. The second-order valence-corrected chi connectivity index (χ2v) is 3.53. The molecule has 1 rings (SSSR count). The van der Waals surface area contributed by atoms with Crippen LogP contribution in [0.4, 0.5) is 0 Å². The maximum absolute atomic E-state index is 9.73. The quantitative estimate of drug-likeness (QED) is 0.772. The Hall–Kier alpha value is -1.22. The Kier molecular flexibility index (Phi) is 3.36. The monoisotopic (exact) mass is 196 g/mol. The number of methoxy groups -OCH3 is 1. The third-order valence-electron chi connectivity index (χ3n) is 2.03. The lowest BCUT2D eigenvalue weighted by molar-refractivity contribution is 0.194. The maximum Gasteiger partial charge on any atom is 0.161 e. The summed E-state index contributed by atoms with van der Waals surface area (Å²) in [7, 11) is 1.51. The van der Waals surface area contributed by atoms with Gasteiger partial charge in [0.05, 0.1) is 13.2 Å². The van der Waals surface area contributed by atoms with Gasteiger partial charge in [-0.15, -0.1) is 0 Å². The third kappa shape index (κ3) is 2.39. The molecule has 0 radical (unpaired) electrons. The van der Waals surface area contributed by atoms with Gasteiger partial charge in [-0.25, -0.2) is 0 Å². The second-order valence-electron chi connectivity index (χ2n) is 3.53. The zero-order chi connectivity index (χ0) is 10.7. The molecule has 2 N–H and O–H groups in total. The minimum absolute atomic E-state index is 0.124. The molecule has 1 aromatic carbocycles. The first kappa shape index (κ1) is 10.9. The molecule has 0 fully saturated rings. The van der Waals surface area contributed by atoms with E-state index < -0.39 is 6.10 Å². The molecular formula is C11H16O3. The van der Waals surface area contributed by atoms with Crippen LogP contribution in [0.1, 0.15) is 18.1 Å². The van der Waals surface area contributed by atoms with Gasteiger partial charge in [0.25, 0.3) is 0 Å². The van der Waals surface area contributed by atoms with Gasteiger partial charge in [0, 0.05) is 12.0 Å². The van der Waals surface area contributed by atoms with Gasteiger partial charge in [-0.05, 0) is 25.5 Å². The number of hydrogen-bond donors (Lipinski definition) is 2. The number of ether oxygens (including phenoxy) is 1. The molecule has 0 aromatic heterocycles. The molecule has 0 amide bonds. The lowest BCUT2D eigenvalue weighted by atomic mass is 10.0. The smallest absolute Gasteiger partial charge is 0.161 e. The van der Waals surface area contributed by atoms with E-state index in [-0.39, 0.29) is 5.75 Å². The fourth-order valence-corrected chi connectivity index (χ4v) is 1.45. The Morgan fingerprint density at radius 3 is 2.57 bits per heavy atom. The topological polar surface area (TPSA) is 49.7 Å². The van der Waals surface area contributed by atoms with Crippen LogP contribution in [0, 0.1) is 6.92 Å². The van der Waals surface area contributed by atoms with Crippen molar-refractivity contribution in [3.8, 4) is 11.5 Å². The van der Waals surface area contributed by atoms with Crippen LogP contribution >= 0.6 is 0 Å². The SMILES string of the molecule is COc1cc(C)cc(CC(C)O)c1O. The molecule has 0 bridgehead atoms. The molecule has 78 valence electrons. The zero-order valence-electron chi connectivity index (χ0n) is 8.74. The van der Waals surface area contributed by atoms with Crippen molar-refractivity contribution in [1.29, 1.82) is 0 Å². The molecular weight excluding hydrogens is 180 g/mol. The summed E-state index contributed by atoms with van der Waals surface area (Å²) in [4.78, 5) is 0. The van der Waals surface area contributed by atoms with Gasteiger partial charge in [0.2, 0.25) is 0 Å².